The maximum absolute atomic E-state index is 13.0. The molecule has 1 saturated heterocycles. The minimum absolute atomic E-state index is 0.0115. The first kappa shape index (κ1) is 20.3. The molecule has 0 saturated carbocycles. The minimum atomic E-state index is -0.647. The zero-order valence-electron chi connectivity index (χ0n) is 17.0. The van der Waals surface area contributed by atoms with Gasteiger partial charge in [-0.1, -0.05) is 36.4 Å². The van der Waals surface area contributed by atoms with Gasteiger partial charge < -0.3 is 10.2 Å². The van der Waals surface area contributed by atoms with E-state index >= 15 is 0 Å². The van der Waals surface area contributed by atoms with Crippen LogP contribution in [0.4, 0.5) is 0 Å². The Hall–Kier alpha value is -2.99. The summed E-state index contributed by atoms with van der Waals surface area (Å²) >= 11 is 1.70. The van der Waals surface area contributed by atoms with Crippen molar-refractivity contribution in [3.8, 4) is 10.4 Å². The van der Waals surface area contributed by atoms with Gasteiger partial charge in [0.2, 0.25) is 5.91 Å². The summed E-state index contributed by atoms with van der Waals surface area (Å²) in [4.78, 5) is 33.2. The highest BCUT2D eigenvalue weighted by Crippen LogP contribution is 2.36. The van der Waals surface area contributed by atoms with Crippen molar-refractivity contribution < 1.29 is 9.59 Å². The Morgan fingerprint density at radius 3 is 2.80 bits per heavy atom. The van der Waals surface area contributed by atoms with E-state index in [2.05, 4.69) is 39.9 Å². The van der Waals surface area contributed by atoms with E-state index in [4.69, 9.17) is 0 Å². The van der Waals surface area contributed by atoms with Crippen LogP contribution in [0.5, 0.6) is 0 Å². The van der Waals surface area contributed by atoms with Crippen molar-refractivity contribution in [3.05, 3.63) is 77.4 Å². The number of benzene rings is 1. The fourth-order valence-corrected chi connectivity index (χ4v) is 5.02. The molecule has 3 heterocycles. The SMILES string of the molecule is CNC(=O)[C@@]1(Cc2cccc(-c3cccs3)c2)CCCN(C(=O)c2ccccn2)C1. The van der Waals surface area contributed by atoms with Crippen molar-refractivity contribution in [3.63, 3.8) is 0 Å². The Morgan fingerprint density at radius 2 is 2.07 bits per heavy atom. The number of pyridine rings is 1. The molecule has 0 radical (unpaired) electrons. The normalized spacial score (nSPS) is 18.8. The first-order chi connectivity index (χ1) is 14.6. The van der Waals surface area contributed by atoms with Crippen LogP contribution in [0.2, 0.25) is 0 Å². The molecule has 1 aliphatic heterocycles. The van der Waals surface area contributed by atoms with Crippen molar-refractivity contribution in [2.24, 2.45) is 5.41 Å². The molecule has 1 fully saturated rings. The van der Waals surface area contributed by atoms with Gasteiger partial charge in [-0.2, -0.15) is 0 Å². The number of thiophene rings is 1. The number of likely N-dealkylation sites (tertiary alicyclic amines) is 1. The van der Waals surface area contributed by atoms with Crippen molar-refractivity contribution in [1.82, 2.24) is 15.2 Å². The Morgan fingerprint density at radius 1 is 1.17 bits per heavy atom. The lowest BCUT2D eigenvalue weighted by molar-refractivity contribution is -0.133. The third-order valence-corrected chi connectivity index (χ3v) is 6.65. The summed E-state index contributed by atoms with van der Waals surface area (Å²) in [5.74, 6) is -0.126. The largest absolute Gasteiger partial charge is 0.359 e. The van der Waals surface area contributed by atoms with Gasteiger partial charge in [0, 0.05) is 31.2 Å². The fraction of sp³-hybridized carbons (Fsp3) is 0.292. The van der Waals surface area contributed by atoms with Crippen molar-refractivity contribution >= 4 is 23.2 Å². The van der Waals surface area contributed by atoms with E-state index < -0.39 is 5.41 Å². The lowest BCUT2D eigenvalue weighted by Gasteiger charge is -2.41. The van der Waals surface area contributed by atoms with Crippen LogP contribution in [0.25, 0.3) is 10.4 Å². The van der Waals surface area contributed by atoms with Crippen LogP contribution >= 0.6 is 11.3 Å². The second kappa shape index (κ2) is 8.79. The molecule has 30 heavy (non-hydrogen) atoms. The summed E-state index contributed by atoms with van der Waals surface area (Å²) < 4.78 is 0. The Balaban J connectivity index is 1.61. The predicted octanol–water partition coefficient (Wildman–Crippen LogP) is 4.02. The Kier molecular flexibility index (Phi) is 5.95. The van der Waals surface area contributed by atoms with Gasteiger partial charge in [0.1, 0.15) is 5.69 Å². The van der Waals surface area contributed by atoms with Gasteiger partial charge in [-0.3, -0.25) is 14.6 Å². The molecule has 5 nitrogen and oxygen atoms in total. The lowest BCUT2D eigenvalue weighted by atomic mass is 9.74. The van der Waals surface area contributed by atoms with Crippen LogP contribution in [0.1, 0.15) is 28.9 Å². The topological polar surface area (TPSA) is 62.3 Å². The zero-order chi connectivity index (χ0) is 21.0. The standard InChI is InChI=1S/C24H25N3O2S/c1-25-23(29)24(16-18-7-4-8-19(15-18)21-10-5-14-30-21)11-6-13-27(17-24)22(28)20-9-2-3-12-26-20/h2-5,7-10,12,14-15H,6,11,13,16-17H2,1H3,(H,25,29)/t24-/m1/s1. The number of nitrogens with one attached hydrogen (secondary N) is 1. The third kappa shape index (κ3) is 4.14. The van der Waals surface area contributed by atoms with E-state index in [1.165, 1.54) is 4.88 Å². The van der Waals surface area contributed by atoms with Crippen LogP contribution in [-0.2, 0) is 11.2 Å². The smallest absolute Gasteiger partial charge is 0.272 e. The van der Waals surface area contributed by atoms with Crippen molar-refractivity contribution in [1.29, 1.82) is 0 Å². The van der Waals surface area contributed by atoms with E-state index in [0.29, 0.717) is 25.2 Å². The number of aromatic nitrogens is 1. The molecule has 0 unspecified atom stereocenters. The number of rotatable bonds is 5. The van der Waals surface area contributed by atoms with Gasteiger partial charge in [0.15, 0.2) is 0 Å². The average Bonchev–Trinajstić information content (AvgIpc) is 3.34. The average molecular weight is 420 g/mol. The van der Waals surface area contributed by atoms with Gasteiger partial charge in [0.25, 0.3) is 5.91 Å². The molecule has 2 amide bonds. The molecule has 2 aromatic heterocycles. The minimum Gasteiger partial charge on any atom is -0.359 e. The van der Waals surface area contributed by atoms with Crippen LogP contribution < -0.4 is 5.32 Å². The molecule has 1 atom stereocenters. The van der Waals surface area contributed by atoms with Crippen molar-refractivity contribution in [2.75, 3.05) is 20.1 Å². The summed E-state index contributed by atoms with van der Waals surface area (Å²) in [6.07, 6.45) is 3.76. The Bertz CT molecular complexity index is 1020. The van der Waals surface area contributed by atoms with Crippen molar-refractivity contribution in [2.45, 2.75) is 19.3 Å². The highest BCUT2D eigenvalue weighted by atomic mass is 32.1. The highest BCUT2D eigenvalue weighted by Gasteiger charge is 2.43. The molecular formula is C24H25N3O2S. The molecule has 0 aliphatic carbocycles. The molecule has 1 N–H and O–H groups in total. The number of carbonyl (C=O) groups excluding carboxylic acids is 2. The van der Waals surface area contributed by atoms with Gasteiger partial charge in [-0.15, -0.1) is 11.3 Å². The van der Waals surface area contributed by atoms with Crippen LogP contribution in [-0.4, -0.2) is 41.8 Å². The molecule has 0 spiro atoms. The molecule has 6 heteroatoms. The Labute approximate surface area is 180 Å². The second-order valence-electron chi connectivity index (χ2n) is 7.76. The van der Waals surface area contributed by atoms with E-state index in [1.807, 2.05) is 18.2 Å². The molecule has 154 valence electrons. The molecular weight excluding hydrogens is 394 g/mol. The number of piperidine rings is 1. The number of hydrogen-bond acceptors (Lipinski definition) is 4. The predicted molar refractivity (Wildman–Crippen MR) is 119 cm³/mol. The maximum atomic E-state index is 13.0. The van der Waals surface area contributed by atoms with Crippen LogP contribution in [0.3, 0.4) is 0 Å². The van der Waals surface area contributed by atoms with Crippen LogP contribution in [0, 0.1) is 5.41 Å². The summed E-state index contributed by atoms with van der Waals surface area (Å²) in [6, 6.07) is 17.9. The number of hydrogen-bond donors (Lipinski definition) is 1. The number of amides is 2. The van der Waals surface area contributed by atoms with Crippen LogP contribution in [0.15, 0.2) is 66.2 Å². The van der Waals surface area contributed by atoms with Gasteiger partial charge in [0.05, 0.1) is 5.41 Å². The first-order valence-corrected chi connectivity index (χ1v) is 11.0. The summed E-state index contributed by atoms with van der Waals surface area (Å²) in [5, 5.41) is 4.91. The number of nitrogens with zero attached hydrogens (tertiary/aromatic N) is 2. The summed E-state index contributed by atoms with van der Waals surface area (Å²) in [7, 11) is 1.67. The second-order valence-corrected chi connectivity index (χ2v) is 8.71. The zero-order valence-corrected chi connectivity index (χ0v) is 17.8. The maximum Gasteiger partial charge on any atom is 0.272 e. The van der Waals surface area contributed by atoms with Gasteiger partial charge in [-0.05, 0) is 54.0 Å². The third-order valence-electron chi connectivity index (χ3n) is 5.73. The highest BCUT2D eigenvalue weighted by molar-refractivity contribution is 7.13. The fourth-order valence-electron chi connectivity index (χ4n) is 4.30. The van der Waals surface area contributed by atoms with Gasteiger partial charge in [-0.25, -0.2) is 0 Å². The van der Waals surface area contributed by atoms with E-state index in [9.17, 15) is 9.59 Å². The summed E-state index contributed by atoms with van der Waals surface area (Å²) in [5.41, 5.74) is 2.04. The molecule has 0 bridgehead atoms. The van der Waals surface area contributed by atoms with E-state index in [-0.39, 0.29) is 11.8 Å². The lowest BCUT2D eigenvalue weighted by Crippen LogP contribution is -2.54. The monoisotopic (exact) mass is 419 g/mol. The number of carbonyl (C=O) groups is 2. The van der Waals surface area contributed by atoms with Gasteiger partial charge >= 0.3 is 0 Å². The molecule has 1 aromatic carbocycles. The first-order valence-electron chi connectivity index (χ1n) is 10.2. The molecule has 3 aromatic rings. The summed E-state index contributed by atoms with van der Waals surface area (Å²) in [6.45, 7) is 1.04. The van der Waals surface area contributed by atoms with E-state index in [0.717, 1.165) is 24.0 Å². The van der Waals surface area contributed by atoms with E-state index in [1.54, 1.807) is 41.6 Å². The molecule has 4 rings (SSSR count). The molecule has 1 aliphatic rings. The quantitative estimate of drug-likeness (QED) is 0.679.